The molecule has 1 fully saturated rings. The van der Waals surface area contributed by atoms with Gasteiger partial charge in [0.05, 0.1) is 4.90 Å². The third-order valence-corrected chi connectivity index (χ3v) is 6.75. The summed E-state index contributed by atoms with van der Waals surface area (Å²) < 4.78 is 27.4. The lowest BCUT2D eigenvalue weighted by Gasteiger charge is -2.31. The average molecular weight is 336 g/mol. The molecule has 1 atom stereocenters. The number of amides is 1. The van der Waals surface area contributed by atoms with Crippen LogP contribution in [0.1, 0.15) is 37.8 Å². The molecule has 0 aliphatic carbocycles. The Morgan fingerprint density at radius 1 is 1.22 bits per heavy atom. The van der Waals surface area contributed by atoms with E-state index in [2.05, 4.69) is 6.92 Å². The fourth-order valence-corrected chi connectivity index (χ4v) is 5.13. The highest BCUT2D eigenvalue weighted by Gasteiger charge is 2.29. The molecule has 0 N–H and O–H groups in total. The summed E-state index contributed by atoms with van der Waals surface area (Å²) in [5.41, 5.74) is 2.10. The molecular weight excluding hydrogens is 312 g/mol. The third-order valence-electron chi connectivity index (χ3n) is 4.89. The number of carbonyl (C=O) groups is 1. The molecule has 1 aromatic rings. The molecule has 0 aromatic heterocycles. The van der Waals surface area contributed by atoms with Gasteiger partial charge in [0, 0.05) is 33.1 Å². The summed E-state index contributed by atoms with van der Waals surface area (Å²) in [6.45, 7) is 6.06. The smallest absolute Gasteiger partial charge is 0.243 e. The number of rotatable bonds is 2. The minimum absolute atomic E-state index is 0.0359. The number of nitrogens with zero attached hydrogens (tertiary/aromatic N) is 2. The van der Waals surface area contributed by atoms with Gasteiger partial charge in [0.2, 0.25) is 15.9 Å². The van der Waals surface area contributed by atoms with Crippen molar-refractivity contribution < 1.29 is 13.2 Å². The Morgan fingerprint density at radius 3 is 2.70 bits per heavy atom. The molecule has 126 valence electrons. The second kappa shape index (κ2) is 6.24. The van der Waals surface area contributed by atoms with Gasteiger partial charge >= 0.3 is 0 Å². The molecule has 1 amide bonds. The van der Waals surface area contributed by atoms with E-state index in [1.165, 1.54) is 0 Å². The van der Waals surface area contributed by atoms with Gasteiger partial charge in [-0.05, 0) is 48.4 Å². The Labute approximate surface area is 138 Å². The Morgan fingerprint density at radius 2 is 2.00 bits per heavy atom. The molecule has 1 aromatic carbocycles. The summed E-state index contributed by atoms with van der Waals surface area (Å²) in [6.07, 6.45) is 2.79. The Hall–Kier alpha value is -1.40. The molecule has 0 saturated carbocycles. The topological polar surface area (TPSA) is 57.7 Å². The summed E-state index contributed by atoms with van der Waals surface area (Å²) >= 11 is 0. The zero-order valence-electron chi connectivity index (χ0n) is 13.8. The van der Waals surface area contributed by atoms with Gasteiger partial charge in [-0.2, -0.15) is 4.31 Å². The lowest BCUT2D eigenvalue weighted by Crippen LogP contribution is -2.39. The predicted molar refractivity (Wildman–Crippen MR) is 88.4 cm³/mol. The molecule has 2 aliphatic heterocycles. The van der Waals surface area contributed by atoms with Crippen molar-refractivity contribution in [1.29, 1.82) is 0 Å². The Bertz CT molecular complexity index is 715. The van der Waals surface area contributed by atoms with Crippen LogP contribution in [0.2, 0.25) is 0 Å². The van der Waals surface area contributed by atoms with E-state index in [1.54, 1.807) is 28.3 Å². The van der Waals surface area contributed by atoms with E-state index in [-0.39, 0.29) is 5.91 Å². The van der Waals surface area contributed by atoms with Crippen LogP contribution in [-0.2, 0) is 27.8 Å². The first-order chi connectivity index (χ1) is 10.9. The van der Waals surface area contributed by atoms with Gasteiger partial charge < -0.3 is 4.90 Å². The first-order valence-electron chi connectivity index (χ1n) is 8.25. The molecule has 3 rings (SSSR count). The molecule has 5 nitrogen and oxygen atoms in total. The van der Waals surface area contributed by atoms with E-state index < -0.39 is 10.0 Å². The van der Waals surface area contributed by atoms with E-state index >= 15 is 0 Å². The number of piperidine rings is 1. The minimum atomic E-state index is -3.44. The predicted octanol–water partition coefficient (Wildman–Crippen LogP) is 2.01. The van der Waals surface area contributed by atoms with Crippen LogP contribution < -0.4 is 0 Å². The molecule has 2 heterocycles. The van der Waals surface area contributed by atoms with E-state index in [4.69, 9.17) is 0 Å². The van der Waals surface area contributed by atoms with Crippen molar-refractivity contribution in [1.82, 2.24) is 9.21 Å². The number of hydrogen-bond donors (Lipinski definition) is 0. The Balaban J connectivity index is 1.89. The first-order valence-corrected chi connectivity index (χ1v) is 9.69. The van der Waals surface area contributed by atoms with E-state index in [0.29, 0.717) is 37.0 Å². The van der Waals surface area contributed by atoms with Crippen molar-refractivity contribution in [3.63, 3.8) is 0 Å². The molecular formula is C17H24N2O3S. The van der Waals surface area contributed by atoms with Gasteiger partial charge in [0.15, 0.2) is 0 Å². The van der Waals surface area contributed by atoms with Crippen molar-refractivity contribution >= 4 is 15.9 Å². The molecule has 6 heteroatoms. The van der Waals surface area contributed by atoms with Gasteiger partial charge in [-0.1, -0.05) is 13.0 Å². The monoisotopic (exact) mass is 336 g/mol. The maximum absolute atomic E-state index is 12.9. The average Bonchev–Trinajstić information content (AvgIpc) is 2.53. The fraction of sp³-hybridized carbons (Fsp3) is 0.588. The summed E-state index contributed by atoms with van der Waals surface area (Å²) in [4.78, 5) is 13.7. The van der Waals surface area contributed by atoms with Gasteiger partial charge in [0.25, 0.3) is 0 Å². The Kier molecular flexibility index (Phi) is 4.47. The molecule has 1 saturated heterocycles. The van der Waals surface area contributed by atoms with Crippen LogP contribution in [0.4, 0.5) is 0 Å². The second-order valence-electron chi connectivity index (χ2n) is 6.73. The molecule has 0 unspecified atom stereocenters. The number of hydrogen-bond acceptors (Lipinski definition) is 3. The highest BCUT2D eigenvalue weighted by atomic mass is 32.2. The van der Waals surface area contributed by atoms with Gasteiger partial charge in [-0.25, -0.2) is 8.42 Å². The van der Waals surface area contributed by atoms with E-state index in [1.807, 2.05) is 6.07 Å². The van der Waals surface area contributed by atoms with E-state index in [0.717, 1.165) is 30.4 Å². The van der Waals surface area contributed by atoms with Crippen LogP contribution in [0.3, 0.4) is 0 Å². The first kappa shape index (κ1) is 16.5. The third kappa shape index (κ3) is 3.28. The van der Waals surface area contributed by atoms with Crippen molar-refractivity contribution in [3.05, 3.63) is 29.3 Å². The number of benzene rings is 1. The zero-order valence-corrected chi connectivity index (χ0v) is 14.6. The summed E-state index contributed by atoms with van der Waals surface area (Å²) in [6, 6.07) is 5.39. The maximum Gasteiger partial charge on any atom is 0.243 e. The van der Waals surface area contributed by atoms with Gasteiger partial charge in [-0.3, -0.25) is 4.79 Å². The molecule has 23 heavy (non-hydrogen) atoms. The standard InChI is InChI=1S/C17H24N2O3S/c1-13-4-3-8-19(11-13)23(21,22)17-6-5-15-7-9-18(14(2)20)12-16(15)10-17/h5-6,10,13H,3-4,7-9,11-12H2,1-2H3/t13-/m0/s1. The number of carbonyl (C=O) groups excluding carboxylic acids is 1. The second-order valence-corrected chi connectivity index (χ2v) is 8.67. The molecule has 0 spiro atoms. The molecule has 2 aliphatic rings. The normalized spacial score (nSPS) is 22.7. The summed E-state index contributed by atoms with van der Waals surface area (Å²) in [5, 5.41) is 0. The molecule has 0 radical (unpaired) electrons. The lowest BCUT2D eigenvalue weighted by atomic mass is 10.00. The largest absolute Gasteiger partial charge is 0.338 e. The zero-order chi connectivity index (χ0) is 16.6. The highest BCUT2D eigenvalue weighted by molar-refractivity contribution is 7.89. The number of fused-ring (bicyclic) bond motifs is 1. The summed E-state index contributed by atoms with van der Waals surface area (Å²) in [7, 11) is -3.44. The van der Waals surface area contributed by atoms with Crippen molar-refractivity contribution in [2.45, 2.75) is 44.6 Å². The quantitative estimate of drug-likeness (QED) is 0.830. The van der Waals surface area contributed by atoms with Crippen LogP contribution in [0.25, 0.3) is 0 Å². The fourth-order valence-electron chi connectivity index (χ4n) is 3.48. The molecule has 0 bridgehead atoms. The van der Waals surface area contributed by atoms with Gasteiger partial charge in [-0.15, -0.1) is 0 Å². The van der Waals surface area contributed by atoms with Crippen molar-refractivity contribution in [2.75, 3.05) is 19.6 Å². The van der Waals surface area contributed by atoms with Crippen LogP contribution in [-0.4, -0.2) is 43.2 Å². The number of sulfonamides is 1. The summed E-state index contributed by atoms with van der Waals surface area (Å²) in [5.74, 6) is 0.443. The van der Waals surface area contributed by atoms with E-state index in [9.17, 15) is 13.2 Å². The van der Waals surface area contributed by atoms with Crippen LogP contribution in [0.5, 0.6) is 0 Å². The SMILES string of the molecule is CC(=O)N1CCc2ccc(S(=O)(=O)N3CCC[C@H](C)C3)cc2C1. The van der Waals surface area contributed by atoms with Crippen molar-refractivity contribution in [3.8, 4) is 0 Å². The van der Waals surface area contributed by atoms with Crippen LogP contribution in [0.15, 0.2) is 23.1 Å². The van der Waals surface area contributed by atoms with Crippen LogP contribution in [0, 0.1) is 5.92 Å². The highest BCUT2D eigenvalue weighted by Crippen LogP contribution is 2.27. The van der Waals surface area contributed by atoms with Crippen LogP contribution >= 0.6 is 0 Å². The maximum atomic E-state index is 12.9. The lowest BCUT2D eigenvalue weighted by molar-refractivity contribution is -0.129. The van der Waals surface area contributed by atoms with Crippen molar-refractivity contribution in [2.24, 2.45) is 5.92 Å². The van der Waals surface area contributed by atoms with Gasteiger partial charge in [0.1, 0.15) is 0 Å². The minimum Gasteiger partial charge on any atom is -0.338 e.